The molecule has 2 nitrogen and oxygen atoms in total. The van der Waals surface area contributed by atoms with Crippen molar-refractivity contribution in [3.05, 3.63) is 194 Å². The van der Waals surface area contributed by atoms with Crippen molar-refractivity contribution in [2.45, 2.75) is 0 Å². The van der Waals surface area contributed by atoms with Gasteiger partial charge in [0.1, 0.15) is 0 Å². The summed E-state index contributed by atoms with van der Waals surface area (Å²) in [6.07, 6.45) is 0. The van der Waals surface area contributed by atoms with E-state index in [2.05, 4.69) is 214 Å². The van der Waals surface area contributed by atoms with Crippen molar-refractivity contribution < 1.29 is 0 Å². The minimum absolute atomic E-state index is 0.950. The van der Waals surface area contributed by atoms with Gasteiger partial charge in [0.05, 0.1) is 0 Å². The summed E-state index contributed by atoms with van der Waals surface area (Å²) in [6.45, 7) is 0. The monoisotopic (exact) mass is 798 g/mol. The molecule has 0 spiro atoms. The molecule has 0 fully saturated rings. The topological polar surface area (TPSA) is 17.3 Å². The van der Waals surface area contributed by atoms with Crippen LogP contribution >= 0.6 is 11.5 Å². The number of rotatable bonds is 6. The number of hydrogen-bond acceptors (Lipinski definition) is 2. The third-order valence-electron chi connectivity index (χ3n) is 10.5. The van der Waals surface area contributed by atoms with Crippen molar-refractivity contribution in [1.82, 2.24) is 9.38 Å². The Hall–Kier alpha value is -4.91. The minimum atomic E-state index is -2.37. The molecule has 0 bridgehead atoms. The van der Waals surface area contributed by atoms with Crippen molar-refractivity contribution in [3.63, 3.8) is 0 Å². The Morgan fingerprint density at radius 2 is 0.962 bits per heavy atom. The molecule has 53 heavy (non-hydrogen) atoms. The maximum absolute atomic E-state index is 6.79. The van der Waals surface area contributed by atoms with Crippen molar-refractivity contribution in [3.8, 4) is 0 Å². The number of imidazole rings is 1. The summed E-state index contributed by atoms with van der Waals surface area (Å²) in [7, 11) is 0. The molecule has 2 heterocycles. The first-order chi connectivity index (χ1) is 26.0. The molecule has 252 valence electrons. The zero-order valence-corrected chi connectivity index (χ0v) is 32.9. The van der Waals surface area contributed by atoms with E-state index in [-0.39, 0.29) is 0 Å². The van der Waals surface area contributed by atoms with Gasteiger partial charge in [-0.3, -0.25) is 0 Å². The van der Waals surface area contributed by atoms with Crippen molar-refractivity contribution >= 4 is 119 Å². The first-order valence-electron chi connectivity index (χ1n) is 17.7. The summed E-state index contributed by atoms with van der Waals surface area (Å²) in [5.41, 5.74) is 2.02. The normalized spacial score (nSPS) is 12.3. The van der Waals surface area contributed by atoms with Crippen LogP contribution in [0.25, 0.3) is 49.1 Å². The molecule has 2 aromatic heterocycles. The molecule has 0 aliphatic heterocycles. The first-order valence-corrected chi connectivity index (χ1v) is 24.5. The number of fused-ring (bicyclic) bond motifs is 10. The van der Waals surface area contributed by atoms with Crippen LogP contribution in [0.2, 0.25) is 0 Å². The second-order valence-corrected chi connectivity index (χ2v) is 24.0. The molecule has 6 heteroatoms. The van der Waals surface area contributed by atoms with Crippen LogP contribution in [0.1, 0.15) is 0 Å². The second-order valence-electron chi connectivity index (χ2n) is 13.4. The number of aromatic nitrogens is 2. The van der Waals surface area contributed by atoms with Crippen molar-refractivity contribution in [1.29, 1.82) is 0 Å². The third kappa shape index (κ3) is 5.09. The van der Waals surface area contributed by atoms with Gasteiger partial charge in [-0.15, -0.1) is 0 Å². The van der Waals surface area contributed by atoms with Gasteiger partial charge in [-0.1, -0.05) is 36.4 Å². The third-order valence-corrected chi connectivity index (χ3v) is 22.5. The Balaban J connectivity index is 1.32. The maximum atomic E-state index is 6.79. The number of pyridine rings is 1. The van der Waals surface area contributed by atoms with E-state index >= 15 is 0 Å². The average molecular weight is 798 g/mol. The molecule has 0 saturated carbocycles. The summed E-state index contributed by atoms with van der Waals surface area (Å²) in [5, 5.41) is 13.4. The quantitative estimate of drug-likeness (QED) is 0.0950. The van der Waals surface area contributed by atoms with E-state index in [9.17, 15) is 0 Å². The van der Waals surface area contributed by atoms with Crippen LogP contribution < -0.4 is 31.8 Å². The zero-order chi connectivity index (χ0) is 35.6. The van der Waals surface area contributed by atoms with Gasteiger partial charge in [-0.25, -0.2) is 0 Å². The van der Waals surface area contributed by atoms with Crippen LogP contribution in [0, 0.1) is 0 Å². The number of benzene rings is 8. The Morgan fingerprint density at radius 1 is 0.434 bits per heavy atom. The van der Waals surface area contributed by atoms with Gasteiger partial charge in [-0.2, -0.15) is 0 Å². The van der Waals surface area contributed by atoms with E-state index in [4.69, 9.17) is 16.8 Å². The number of hydrogen-bond donors (Lipinski definition) is 0. The second kappa shape index (κ2) is 12.9. The molecule has 0 unspecified atom stereocenters. The first kappa shape index (κ1) is 32.7. The van der Waals surface area contributed by atoms with E-state index in [0.29, 0.717) is 0 Å². The summed E-state index contributed by atoms with van der Waals surface area (Å²) in [5.74, 6) is 0. The molecule has 0 aliphatic rings. The van der Waals surface area contributed by atoms with Crippen LogP contribution in [0.4, 0.5) is 0 Å². The summed E-state index contributed by atoms with van der Waals surface area (Å²) in [4.78, 5) is 5.55. The molecular formula is C47H32N2P2SSe. The Labute approximate surface area is 321 Å². The van der Waals surface area contributed by atoms with E-state index in [1.54, 1.807) is 0 Å². The van der Waals surface area contributed by atoms with E-state index in [0.717, 1.165) is 27.5 Å². The Morgan fingerprint density at radius 3 is 1.58 bits per heavy atom. The van der Waals surface area contributed by atoms with Gasteiger partial charge < -0.3 is 0 Å². The zero-order valence-electron chi connectivity index (χ0n) is 28.6. The van der Waals surface area contributed by atoms with Gasteiger partial charge in [0, 0.05) is 0 Å². The fraction of sp³-hybridized carbons (Fsp3) is 0. The molecule has 0 aliphatic carbocycles. The summed E-state index contributed by atoms with van der Waals surface area (Å²) < 4.78 is 2.40. The van der Waals surface area contributed by atoms with Crippen LogP contribution in [-0.4, -0.2) is 24.5 Å². The van der Waals surface area contributed by atoms with Crippen molar-refractivity contribution in [2.24, 2.45) is 0 Å². The number of nitrogens with zero attached hydrogens (tertiary/aromatic N) is 2. The molecule has 0 amide bonds. The van der Waals surface area contributed by atoms with Crippen LogP contribution in [-0.2, 0) is 11.8 Å². The summed E-state index contributed by atoms with van der Waals surface area (Å²) >= 11 is 10.6. The molecule has 0 saturated heterocycles. The van der Waals surface area contributed by atoms with Gasteiger partial charge in [0.2, 0.25) is 0 Å². The summed E-state index contributed by atoms with van der Waals surface area (Å²) in [6, 6.07) is 67.9. The predicted molar refractivity (Wildman–Crippen MR) is 236 cm³/mol. The fourth-order valence-electron chi connectivity index (χ4n) is 7.99. The fourth-order valence-corrected chi connectivity index (χ4v) is 16.6. The molecular weight excluding hydrogens is 766 g/mol. The molecule has 0 N–H and O–H groups in total. The van der Waals surface area contributed by atoms with E-state index in [1.165, 1.54) is 53.5 Å². The van der Waals surface area contributed by atoms with Gasteiger partial charge >= 0.3 is 287 Å². The molecule has 0 radical (unpaired) electrons. The molecule has 10 rings (SSSR count). The predicted octanol–water partition coefficient (Wildman–Crippen LogP) is 9.08. The average Bonchev–Trinajstić information content (AvgIpc) is 3.63. The van der Waals surface area contributed by atoms with Crippen LogP contribution in [0.15, 0.2) is 194 Å². The van der Waals surface area contributed by atoms with Crippen LogP contribution in [0.5, 0.6) is 0 Å². The van der Waals surface area contributed by atoms with Crippen molar-refractivity contribution in [2.75, 3.05) is 0 Å². The van der Waals surface area contributed by atoms with Crippen LogP contribution in [0.3, 0.4) is 0 Å². The standard InChI is InChI=1S/C47H32N2P2SSe/c52-50(34-16-5-1-6-17-34,35-18-7-2-8-19-35)38-27-30-44-43(31-38)48-47-46-40-24-14-13-15-33(40)25-28-42(46)41-29-26-39(32-45(41)49(44)47)51(53,36-20-9-3-10-21-36)37-22-11-4-12-23-37/h1-32H. The van der Waals surface area contributed by atoms with Gasteiger partial charge in [-0.05, 0) is 0 Å². The molecule has 8 aromatic carbocycles. The van der Waals surface area contributed by atoms with E-state index in [1.807, 2.05) is 0 Å². The SMILES string of the molecule is S=P(c1ccccc1)(c1ccccc1)c1ccc2c(c1)nc1c3c4ccccc4ccc3c3ccc(P(=[Se])(c4ccccc4)c4ccccc4)cc3n21. The van der Waals surface area contributed by atoms with Gasteiger partial charge in [0.15, 0.2) is 0 Å². The molecule has 10 aromatic rings. The Bertz CT molecular complexity index is 3020. The van der Waals surface area contributed by atoms with Gasteiger partial charge in [0.25, 0.3) is 0 Å². The Kier molecular flexibility index (Phi) is 7.96. The molecule has 0 atom stereocenters. The van der Waals surface area contributed by atoms with E-state index < -0.39 is 11.5 Å².